The van der Waals surface area contributed by atoms with Crippen molar-refractivity contribution in [2.75, 3.05) is 14.2 Å². The highest BCUT2D eigenvalue weighted by atomic mass is 16.5. The molecule has 0 bridgehead atoms. The zero-order valence-electron chi connectivity index (χ0n) is 20.4. The molecule has 0 atom stereocenters. The smallest absolute Gasteiger partial charge is 0.167 e. The maximum Gasteiger partial charge on any atom is 0.167 e. The second-order valence-corrected chi connectivity index (χ2v) is 6.44. The average Bonchev–Trinajstić information content (AvgIpc) is 2.91. The van der Waals surface area contributed by atoms with Gasteiger partial charge >= 0.3 is 0 Å². The van der Waals surface area contributed by atoms with Gasteiger partial charge in [0.25, 0.3) is 0 Å². The van der Waals surface area contributed by atoms with E-state index >= 15 is 0 Å². The first kappa shape index (κ1) is 26.1. The molecule has 0 radical (unpaired) electrons. The van der Waals surface area contributed by atoms with Gasteiger partial charge in [0.1, 0.15) is 23.0 Å². The molecule has 0 unspecified atom stereocenters. The predicted octanol–water partition coefficient (Wildman–Crippen LogP) is 6.35. The highest BCUT2D eigenvalue weighted by Gasteiger charge is 2.17. The first-order chi connectivity index (χ1) is 16.6. The molecule has 0 amide bonds. The Morgan fingerprint density at radius 3 is 1.35 bits per heavy atom. The number of aromatic hydroxyl groups is 2. The number of methoxy groups -OCH3 is 2. The van der Waals surface area contributed by atoms with Crippen LogP contribution in [0.5, 0.6) is 23.0 Å². The van der Waals surface area contributed by atoms with Crippen LogP contribution in [0.3, 0.4) is 0 Å². The number of ether oxygens (including phenoxy) is 2. The lowest BCUT2D eigenvalue weighted by Crippen LogP contribution is -2.00. The maximum absolute atomic E-state index is 10.5. The van der Waals surface area contributed by atoms with Gasteiger partial charge in [-0.05, 0) is 24.3 Å². The van der Waals surface area contributed by atoms with Gasteiger partial charge in [-0.2, -0.15) is 0 Å². The summed E-state index contributed by atoms with van der Waals surface area (Å²) in [5.41, 5.74) is 1.62. The highest BCUT2D eigenvalue weighted by molar-refractivity contribution is 5.72. The Morgan fingerprint density at radius 1 is 0.559 bits per heavy atom. The van der Waals surface area contributed by atoms with Crippen LogP contribution >= 0.6 is 0 Å². The SMILES string of the molecule is CC.CC.COc1ccc(-c2nc(-c3ccccc3)nc(-c3ccc(OC)cc3O)n2)c(O)c1. The van der Waals surface area contributed by atoms with Crippen LogP contribution in [-0.4, -0.2) is 39.4 Å². The minimum Gasteiger partial charge on any atom is -0.507 e. The molecular weight excluding hydrogens is 430 g/mol. The Morgan fingerprint density at radius 2 is 0.971 bits per heavy atom. The molecule has 178 valence electrons. The summed E-state index contributed by atoms with van der Waals surface area (Å²) in [5, 5.41) is 21.0. The Labute approximate surface area is 200 Å². The molecule has 0 fully saturated rings. The normalized spacial score (nSPS) is 9.71. The van der Waals surface area contributed by atoms with E-state index in [0.29, 0.717) is 28.5 Å². The number of benzene rings is 3. The third-order valence-corrected chi connectivity index (χ3v) is 4.56. The fraction of sp³-hybridized carbons (Fsp3) is 0.222. The van der Waals surface area contributed by atoms with E-state index in [9.17, 15) is 10.2 Å². The van der Waals surface area contributed by atoms with E-state index in [4.69, 9.17) is 9.47 Å². The topological polar surface area (TPSA) is 97.6 Å². The van der Waals surface area contributed by atoms with Crippen molar-refractivity contribution in [3.05, 3.63) is 66.7 Å². The van der Waals surface area contributed by atoms with E-state index in [2.05, 4.69) is 15.0 Å². The summed E-state index contributed by atoms with van der Waals surface area (Å²) >= 11 is 0. The van der Waals surface area contributed by atoms with Crippen LogP contribution in [0, 0.1) is 0 Å². The van der Waals surface area contributed by atoms with Crippen LogP contribution in [0.15, 0.2) is 66.7 Å². The molecule has 4 aromatic rings. The first-order valence-electron chi connectivity index (χ1n) is 11.2. The number of phenolic OH excluding ortho intramolecular Hbond substituents is 2. The Hall–Kier alpha value is -4.13. The summed E-state index contributed by atoms with van der Waals surface area (Å²) in [6.07, 6.45) is 0. The fourth-order valence-corrected chi connectivity index (χ4v) is 2.99. The van der Waals surface area contributed by atoms with Crippen LogP contribution in [0.25, 0.3) is 34.2 Å². The van der Waals surface area contributed by atoms with Gasteiger partial charge < -0.3 is 19.7 Å². The molecule has 0 saturated carbocycles. The number of aromatic nitrogens is 3. The Kier molecular flexibility index (Phi) is 9.83. The van der Waals surface area contributed by atoms with Gasteiger partial charge in [-0.3, -0.25) is 0 Å². The van der Waals surface area contributed by atoms with Crippen LogP contribution in [0.4, 0.5) is 0 Å². The number of hydrogen-bond donors (Lipinski definition) is 2. The summed E-state index contributed by atoms with van der Waals surface area (Å²) in [7, 11) is 3.05. The summed E-state index contributed by atoms with van der Waals surface area (Å²) in [6, 6.07) is 19.2. The lowest BCUT2D eigenvalue weighted by atomic mass is 10.1. The lowest BCUT2D eigenvalue weighted by molar-refractivity contribution is 0.408. The van der Waals surface area contributed by atoms with Gasteiger partial charge in [-0.15, -0.1) is 0 Å². The molecular formula is C27H31N3O4. The molecule has 1 aromatic heterocycles. The van der Waals surface area contributed by atoms with Gasteiger partial charge in [-0.25, -0.2) is 15.0 Å². The van der Waals surface area contributed by atoms with Crippen molar-refractivity contribution in [2.24, 2.45) is 0 Å². The summed E-state index contributed by atoms with van der Waals surface area (Å²) in [6.45, 7) is 8.00. The van der Waals surface area contributed by atoms with E-state index < -0.39 is 0 Å². The molecule has 0 aliphatic rings. The molecule has 2 N–H and O–H groups in total. The van der Waals surface area contributed by atoms with Crippen molar-refractivity contribution in [3.8, 4) is 57.2 Å². The van der Waals surface area contributed by atoms with Crippen molar-refractivity contribution in [3.63, 3.8) is 0 Å². The first-order valence-corrected chi connectivity index (χ1v) is 11.2. The van der Waals surface area contributed by atoms with Gasteiger partial charge in [-0.1, -0.05) is 58.0 Å². The minimum atomic E-state index is -0.0236. The van der Waals surface area contributed by atoms with E-state index in [-0.39, 0.29) is 23.1 Å². The molecule has 4 rings (SSSR count). The number of hydrogen-bond acceptors (Lipinski definition) is 7. The van der Waals surface area contributed by atoms with Crippen LogP contribution < -0.4 is 9.47 Å². The molecule has 7 heteroatoms. The maximum atomic E-state index is 10.5. The molecule has 0 aliphatic carbocycles. The Balaban J connectivity index is 0.000000970. The summed E-state index contributed by atoms with van der Waals surface area (Å²) < 4.78 is 10.3. The third-order valence-electron chi connectivity index (χ3n) is 4.56. The van der Waals surface area contributed by atoms with E-state index in [1.807, 2.05) is 58.0 Å². The second-order valence-electron chi connectivity index (χ2n) is 6.44. The zero-order chi connectivity index (χ0) is 25.1. The monoisotopic (exact) mass is 461 g/mol. The molecule has 3 aromatic carbocycles. The zero-order valence-corrected chi connectivity index (χ0v) is 20.4. The lowest BCUT2D eigenvalue weighted by Gasteiger charge is -2.11. The van der Waals surface area contributed by atoms with E-state index in [1.54, 1.807) is 24.3 Å². The van der Waals surface area contributed by atoms with Crippen LogP contribution in [0.2, 0.25) is 0 Å². The van der Waals surface area contributed by atoms with E-state index in [1.165, 1.54) is 26.4 Å². The van der Waals surface area contributed by atoms with Gasteiger partial charge in [0.15, 0.2) is 17.5 Å². The molecule has 0 saturated heterocycles. The molecule has 1 heterocycles. The van der Waals surface area contributed by atoms with Gasteiger partial charge in [0.2, 0.25) is 0 Å². The second kappa shape index (κ2) is 12.8. The van der Waals surface area contributed by atoms with Gasteiger partial charge in [0.05, 0.1) is 25.3 Å². The van der Waals surface area contributed by atoms with Crippen LogP contribution in [-0.2, 0) is 0 Å². The molecule has 0 aliphatic heterocycles. The predicted molar refractivity (Wildman–Crippen MR) is 135 cm³/mol. The van der Waals surface area contributed by atoms with Crippen molar-refractivity contribution >= 4 is 0 Å². The standard InChI is InChI=1S/C23H19N3O4.2C2H6/c1-29-15-8-10-17(19(27)12-15)22-24-21(14-6-4-3-5-7-14)25-23(26-22)18-11-9-16(30-2)13-20(18)28;2*1-2/h3-13,27-28H,1-2H3;2*1-2H3. The molecule has 34 heavy (non-hydrogen) atoms. The van der Waals surface area contributed by atoms with Crippen molar-refractivity contribution < 1.29 is 19.7 Å². The number of nitrogens with zero attached hydrogens (tertiary/aromatic N) is 3. The van der Waals surface area contributed by atoms with Crippen LogP contribution in [0.1, 0.15) is 27.7 Å². The number of phenols is 2. The van der Waals surface area contributed by atoms with Crippen molar-refractivity contribution in [1.29, 1.82) is 0 Å². The third kappa shape index (κ3) is 6.01. The Bertz CT molecular complexity index is 1130. The average molecular weight is 462 g/mol. The fourth-order valence-electron chi connectivity index (χ4n) is 2.99. The molecule has 0 spiro atoms. The molecule has 7 nitrogen and oxygen atoms in total. The van der Waals surface area contributed by atoms with Crippen molar-refractivity contribution in [2.45, 2.75) is 27.7 Å². The summed E-state index contributed by atoms with van der Waals surface area (Å²) in [5.74, 6) is 1.95. The van der Waals surface area contributed by atoms with Gasteiger partial charge in [0, 0.05) is 17.7 Å². The number of rotatable bonds is 5. The minimum absolute atomic E-state index is 0.0236. The largest absolute Gasteiger partial charge is 0.507 e. The van der Waals surface area contributed by atoms with Crippen molar-refractivity contribution in [1.82, 2.24) is 15.0 Å². The summed E-state index contributed by atoms with van der Waals surface area (Å²) in [4.78, 5) is 13.6. The highest BCUT2D eigenvalue weighted by Crippen LogP contribution is 2.35. The van der Waals surface area contributed by atoms with E-state index in [0.717, 1.165) is 5.56 Å². The quantitative estimate of drug-likeness (QED) is 0.357.